The van der Waals surface area contributed by atoms with E-state index in [0.29, 0.717) is 19.3 Å². The molecular formula is C72H120O6. The molecule has 0 rings (SSSR count). The first kappa shape index (κ1) is 73.8. The first-order valence-electron chi connectivity index (χ1n) is 32.5. The normalized spacial score (nSPS) is 12.9. The first-order chi connectivity index (χ1) is 38.5. The second-order valence-electron chi connectivity index (χ2n) is 21.3. The summed E-state index contributed by atoms with van der Waals surface area (Å²) in [7, 11) is 0. The van der Waals surface area contributed by atoms with Crippen molar-refractivity contribution in [2.24, 2.45) is 0 Å². The number of ether oxygens (including phenoxy) is 3. The third kappa shape index (κ3) is 62.7. The Balaban J connectivity index is 4.42. The molecular weight excluding hydrogens is 961 g/mol. The van der Waals surface area contributed by atoms with Crippen molar-refractivity contribution in [2.75, 3.05) is 13.2 Å². The molecule has 0 aromatic heterocycles. The fraction of sp³-hybridized carbons (Fsp3) is 0.681. The van der Waals surface area contributed by atoms with Crippen molar-refractivity contribution in [3.8, 4) is 0 Å². The Hall–Kier alpha value is -4.19. The third-order valence-corrected chi connectivity index (χ3v) is 13.7. The number of allylic oxidation sites excluding steroid dienone is 20. The molecule has 0 radical (unpaired) electrons. The maximum atomic E-state index is 12.9. The first-order valence-corrected chi connectivity index (χ1v) is 32.5. The topological polar surface area (TPSA) is 78.9 Å². The summed E-state index contributed by atoms with van der Waals surface area (Å²) in [5.41, 5.74) is 0. The van der Waals surface area contributed by atoms with Crippen molar-refractivity contribution >= 4 is 17.9 Å². The smallest absolute Gasteiger partial charge is 0.306 e. The van der Waals surface area contributed by atoms with Crippen LogP contribution in [0.5, 0.6) is 0 Å². The number of hydrogen-bond donors (Lipinski definition) is 0. The molecule has 0 aliphatic carbocycles. The van der Waals surface area contributed by atoms with Crippen LogP contribution in [-0.4, -0.2) is 37.2 Å². The molecule has 0 saturated heterocycles. The van der Waals surface area contributed by atoms with Crippen molar-refractivity contribution in [1.29, 1.82) is 0 Å². The molecule has 0 spiro atoms. The summed E-state index contributed by atoms with van der Waals surface area (Å²) in [6, 6.07) is 0. The van der Waals surface area contributed by atoms with Crippen LogP contribution in [0.15, 0.2) is 122 Å². The molecule has 0 aromatic rings. The molecule has 0 saturated carbocycles. The minimum Gasteiger partial charge on any atom is -0.462 e. The number of carbonyl (C=O) groups excluding carboxylic acids is 3. The van der Waals surface area contributed by atoms with Gasteiger partial charge in [-0.3, -0.25) is 14.4 Å². The zero-order valence-electron chi connectivity index (χ0n) is 50.9. The zero-order chi connectivity index (χ0) is 56.4. The van der Waals surface area contributed by atoms with Gasteiger partial charge in [0.1, 0.15) is 13.2 Å². The lowest BCUT2D eigenvalue weighted by molar-refractivity contribution is -0.167. The Labute approximate surface area is 482 Å². The Kier molecular flexibility index (Phi) is 61.8. The third-order valence-electron chi connectivity index (χ3n) is 13.7. The van der Waals surface area contributed by atoms with Gasteiger partial charge in [-0.1, -0.05) is 290 Å². The van der Waals surface area contributed by atoms with Gasteiger partial charge in [-0.25, -0.2) is 0 Å². The largest absolute Gasteiger partial charge is 0.462 e. The molecule has 1 atom stereocenters. The fourth-order valence-electron chi connectivity index (χ4n) is 8.91. The van der Waals surface area contributed by atoms with Crippen LogP contribution in [0.1, 0.15) is 297 Å². The summed E-state index contributed by atoms with van der Waals surface area (Å²) in [5, 5.41) is 0. The Morgan fingerprint density at radius 1 is 0.269 bits per heavy atom. The van der Waals surface area contributed by atoms with Gasteiger partial charge in [0.25, 0.3) is 0 Å². The van der Waals surface area contributed by atoms with Crippen LogP contribution in [0.4, 0.5) is 0 Å². The molecule has 444 valence electrons. The second kappa shape index (κ2) is 65.3. The Morgan fingerprint density at radius 2 is 0.500 bits per heavy atom. The van der Waals surface area contributed by atoms with E-state index in [9.17, 15) is 14.4 Å². The lowest BCUT2D eigenvalue weighted by Crippen LogP contribution is -2.30. The number of carbonyl (C=O) groups is 3. The highest BCUT2D eigenvalue weighted by molar-refractivity contribution is 5.71. The average Bonchev–Trinajstić information content (AvgIpc) is 3.44. The fourth-order valence-corrected chi connectivity index (χ4v) is 8.91. The highest BCUT2D eigenvalue weighted by atomic mass is 16.6. The molecule has 0 N–H and O–H groups in total. The summed E-state index contributed by atoms with van der Waals surface area (Å²) in [4.78, 5) is 38.4. The van der Waals surface area contributed by atoms with Crippen LogP contribution >= 0.6 is 0 Å². The van der Waals surface area contributed by atoms with Crippen molar-refractivity contribution in [3.63, 3.8) is 0 Å². The Bertz CT molecular complexity index is 1620. The predicted molar refractivity (Wildman–Crippen MR) is 339 cm³/mol. The van der Waals surface area contributed by atoms with Crippen LogP contribution in [0.25, 0.3) is 0 Å². The van der Waals surface area contributed by atoms with Crippen molar-refractivity contribution in [3.05, 3.63) is 122 Å². The van der Waals surface area contributed by atoms with Crippen molar-refractivity contribution < 1.29 is 28.6 Å². The SMILES string of the molecule is CC/C=C\C/C=C\C/C=C\C/C=C\C/C=C\C/C=C\CCCCCCC(=O)OCC(COC(=O)CCCCCCCCCCCCCCCC)OC(=O)CCCCCCCCCCCC/C=C\C/C=C\C/C=C\C/C=C\CC. The zero-order valence-corrected chi connectivity index (χ0v) is 50.9. The summed E-state index contributed by atoms with van der Waals surface area (Å²) in [6.45, 7) is 6.41. The minimum atomic E-state index is -0.794. The van der Waals surface area contributed by atoms with Crippen LogP contribution in [0.3, 0.4) is 0 Å². The summed E-state index contributed by atoms with van der Waals surface area (Å²) >= 11 is 0. The van der Waals surface area contributed by atoms with Gasteiger partial charge < -0.3 is 14.2 Å². The number of hydrogen-bond acceptors (Lipinski definition) is 6. The van der Waals surface area contributed by atoms with Gasteiger partial charge in [0.15, 0.2) is 6.10 Å². The molecule has 0 bridgehead atoms. The van der Waals surface area contributed by atoms with Gasteiger partial charge >= 0.3 is 17.9 Å². The van der Waals surface area contributed by atoms with E-state index in [1.165, 1.54) is 122 Å². The average molecular weight is 1080 g/mol. The number of esters is 3. The molecule has 78 heavy (non-hydrogen) atoms. The van der Waals surface area contributed by atoms with E-state index in [4.69, 9.17) is 14.2 Å². The van der Waals surface area contributed by atoms with Gasteiger partial charge in [0, 0.05) is 19.3 Å². The molecule has 0 aliphatic rings. The van der Waals surface area contributed by atoms with E-state index >= 15 is 0 Å². The van der Waals surface area contributed by atoms with E-state index in [-0.39, 0.29) is 31.1 Å². The van der Waals surface area contributed by atoms with E-state index in [0.717, 1.165) is 135 Å². The highest BCUT2D eigenvalue weighted by Crippen LogP contribution is 2.16. The highest BCUT2D eigenvalue weighted by Gasteiger charge is 2.19. The molecule has 0 aliphatic heterocycles. The van der Waals surface area contributed by atoms with Crippen LogP contribution in [0.2, 0.25) is 0 Å². The molecule has 1 unspecified atom stereocenters. The predicted octanol–water partition coefficient (Wildman–Crippen LogP) is 22.4. The van der Waals surface area contributed by atoms with Crippen molar-refractivity contribution in [1.82, 2.24) is 0 Å². The van der Waals surface area contributed by atoms with Gasteiger partial charge in [0.05, 0.1) is 0 Å². The second-order valence-corrected chi connectivity index (χ2v) is 21.3. The summed E-state index contributed by atoms with van der Waals surface area (Å²) in [6.07, 6.45) is 90.5. The van der Waals surface area contributed by atoms with E-state index in [1.54, 1.807) is 0 Å². The van der Waals surface area contributed by atoms with E-state index in [2.05, 4.69) is 142 Å². The van der Waals surface area contributed by atoms with Crippen molar-refractivity contribution in [2.45, 2.75) is 303 Å². The molecule has 0 amide bonds. The molecule has 0 aromatic carbocycles. The lowest BCUT2D eigenvalue weighted by Gasteiger charge is -2.18. The number of rotatable bonds is 58. The van der Waals surface area contributed by atoms with Crippen LogP contribution in [-0.2, 0) is 28.6 Å². The van der Waals surface area contributed by atoms with Gasteiger partial charge in [-0.05, 0) is 109 Å². The van der Waals surface area contributed by atoms with E-state index < -0.39 is 6.10 Å². The molecule has 0 heterocycles. The molecule has 6 heteroatoms. The van der Waals surface area contributed by atoms with Crippen LogP contribution in [0, 0.1) is 0 Å². The van der Waals surface area contributed by atoms with Gasteiger partial charge in [-0.2, -0.15) is 0 Å². The molecule has 6 nitrogen and oxygen atoms in total. The van der Waals surface area contributed by atoms with Crippen LogP contribution < -0.4 is 0 Å². The lowest BCUT2D eigenvalue weighted by atomic mass is 10.0. The van der Waals surface area contributed by atoms with Gasteiger partial charge in [-0.15, -0.1) is 0 Å². The summed E-state index contributed by atoms with van der Waals surface area (Å²) < 4.78 is 16.9. The number of unbranched alkanes of at least 4 members (excludes halogenated alkanes) is 27. The maximum absolute atomic E-state index is 12.9. The summed E-state index contributed by atoms with van der Waals surface area (Å²) in [5.74, 6) is -0.910. The standard InChI is InChI=1S/C72H120O6/c1-4-7-10-13-16-19-22-25-28-30-32-34-36-38-40-42-44-47-50-53-56-59-62-65-71(74)77-68-69(67-76-70(73)64-61-58-55-52-49-46-27-24-21-18-15-12-9-6-3)78-72(75)66-63-60-57-54-51-48-45-43-41-39-37-35-33-31-29-26-23-20-17-14-11-8-5-2/h7-8,10-11,16-17,19-20,25-26,28-29,32-35,38,40,44,47,69H,4-6,9,12-15,18,21-24,27,30-31,36-37,39,41-43,45-46,48-68H2,1-3H3/b10-7-,11-8-,19-16-,20-17-,28-25-,29-26-,34-32-,35-33-,40-38-,47-44-. The maximum Gasteiger partial charge on any atom is 0.306 e. The van der Waals surface area contributed by atoms with Gasteiger partial charge in [0.2, 0.25) is 0 Å². The minimum absolute atomic E-state index is 0.0878. The quantitative estimate of drug-likeness (QED) is 0.0261. The van der Waals surface area contributed by atoms with E-state index in [1.807, 2.05) is 0 Å². The Morgan fingerprint density at radius 3 is 0.782 bits per heavy atom. The molecule has 0 fully saturated rings. The monoisotopic (exact) mass is 1080 g/mol.